The molecule has 1 aromatic carbocycles. The van der Waals surface area contributed by atoms with Gasteiger partial charge < -0.3 is 4.74 Å². The number of ether oxygens (including phenoxy) is 1. The van der Waals surface area contributed by atoms with Gasteiger partial charge in [-0.1, -0.05) is 30.3 Å². The average molecular weight is 228 g/mol. The molecule has 0 atom stereocenters. The second-order valence-corrected chi connectivity index (χ2v) is 4.56. The summed E-state index contributed by atoms with van der Waals surface area (Å²) in [7, 11) is 0. The third-order valence-corrected chi connectivity index (χ3v) is 2.81. The predicted octanol–water partition coefficient (Wildman–Crippen LogP) is 2.36. The molecule has 1 aliphatic heterocycles. The first kappa shape index (κ1) is 10.1. The summed E-state index contributed by atoms with van der Waals surface area (Å²) in [6, 6.07) is 11.5. The Labute approximate surface area is 98.8 Å². The SMILES string of the molecule is CC1(C)Oc2cc(-c3ccccc3)nn2C1=O. The van der Waals surface area contributed by atoms with Gasteiger partial charge in [0, 0.05) is 11.6 Å². The molecule has 0 spiro atoms. The van der Waals surface area contributed by atoms with Gasteiger partial charge in [-0.3, -0.25) is 4.79 Å². The van der Waals surface area contributed by atoms with Crippen molar-refractivity contribution >= 4 is 5.91 Å². The van der Waals surface area contributed by atoms with Crippen molar-refractivity contribution in [2.45, 2.75) is 19.4 Å². The van der Waals surface area contributed by atoms with Crippen LogP contribution in [0.25, 0.3) is 11.3 Å². The first-order chi connectivity index (χ1) is 8.08. The van der Waals surface area contributed by atoms with E-state index in [1.54, 1.807) is 19.9 Å². The Bertz CT molecular complexity index is 585. The monoisotopic (exact) mass is 228 g/mol. The number of hydrogen-bond donors (Lipinski definition) is 0. The van der Waals surface area contributed by atoms with E-state index >= 15 is 0 Å². The second-order valence-electron chi connectivity index (χ2n) is 4.56. The van der Waals surface area contributed by atoms with E-state index in [1.165, 1.54) is 4.68 Å². The van der Waals surface area contributed by atoms with Crippen LogP contribution in [0.2, 0.25) is 0 Å². The molecular weight excluding hydrogens is 216 g/mol. The number of fused-ring (bicyclic) bond motifs is 1. The van der Waals surface area contributed by atoms with Gasteiger partial charge in [0.15, 0.2) is 5.60 Å². The standard InChI is InChI=1S/C13H12N2O2/c1-13(2)12(16)15-11(17-13)8-10(14-15)9-6-4-3-5-7-9/h3-8H,1-2H3. The Balaban J connectivity index is 2.05. The van der Waals surface area contributed by atoms with E-state index in [0.717, 1.165) is 11.3 Å². The van der Waals surface area contributed by atoms with E-state index in [-0.39, 0.29) is 5.91 Å². The summed E-state index contributed by atoms with van der Waals surface area (Å²) in [4.78, 5) is 11.9. The first-order valence-electron chi connectivity index (χ1n) is 5.47. The van der Waals surface area contributed by atoms with Crippen LogP contribution < -0.4 is 4.74 Å². The first-order valence-corrected chi connectivity index (χ1v) is 5.47. The minimum atomic E-state index is -0.808. The molecule has 4 heteroatoms. The quantitative estimate of drug-likeness (QED) is 0.752. The zero-order valence-electron chi connectivity index (χ0n) is 9.68. The Kier molecular flexibility index (Phi) is 1.90. The largest absolute Gasteiger partial charge is 0.461 e. The van der Waals surface area contributed by atoms with Crippen LogP contribution in [0.4, 0.5) is 0 Å². The molecule has 1 aromatic heterocycles. The van der Waals surface area contributed by atoms with E-state index in [0.29, 0.717) is 5.88 Å². The molecule has 0 saturated heterocycles. The molecule has 2 aromatic rings. The molecule has 1 aliphatic rings. The fourth-order valence-corrected chi connectivity index (χ4v) is 1.89. The molecule has 0 radical (unpaired) electrons. The van der Waals surface area contributed by atoms with Crippen molar-refractivity contribution in [3.05, 3.63) is 36.4 Å². The van der Waals surface area contributed by atoms with E-state index < -0.39 is 5.60 Å². The Morgan fingerprint density at radius 1 is 1.24 bits per heavy atom. The summed E-state index contributed by atoms with van der Waals surface area (Å²) in [5.74, 6) is 0.383. The summed E-state index contributed by atoms with van der Waals surface area (Å²) in [5, 5.41) is 4.28. The molecule has 4 nitrogen and oxygen atoms in total. The van der Waals surface area contributed by atoms with Crippen molar-refractivity contribution in [1.82, 2.24) is 9.78 Å². The van der Waals surface area contributed by atoms with Crippen LogP contribution in [0.1, 0.15) is 18.6 Å². The molecule has 0 aliphatic carbocycles. The smallest absolute Gasteiger partial charge is 0.293 e. The minimum Gasteiger partial charge on any atom is -0.461 e. The van der Waals surface area contributed by atoms with Gasteiger partial charge in [-0.25, -0.2) is 0 Å². The molecule has 0 N–H and O–H groups in total. The van der Waals surface area contributed by atoms with Gasteiger partial charge in [-0.2, -0.15) is 9.78 Å². The van der Waals surface area contributed by atoms with Crippen LogP contribution in [-0.2, 0) is 0 Å². The number of aromatic nitrogens is 2. The van der Waals surface area contributed by atoms with E-state index in [2.05, 4.69) is 5.10 Å². The minimum absolute atomic E-state index is 0.130. The van der Waals surface area contributed by atoms with Crippen molar-refractivity contribution < 1.29 is 9.53 Å². The lowest BCUT2D eigenvalue weighted by atomic mass is 10.1. The van der Waals surface area contributed by atoms with Gasteiger partial charge in [0.25, 0.3) is 5.91 Å². The zero-order valence-corrected chi connectivity index (χ0v) is 9.68. The number of carbonyl (C=O) groups is 1. The Morgan fingerprint density at radius 3 is 2.59 bits per heavy atom. The lowest BCUT2D eigenvalue weighted by Gasteiger charge is -2.13. The summed E-state index contributed by atoms with van der Waals surface area (Å²) >= 11 is 0. The number of benzene rings is 1. The van der Waals surface area contributed by atoms with Crippen LogP contribution in [0, 0.1) is 0 Å². The predicted molar refractivity (Wildman–Crippen MR) is 63.0 cm³/mol. The van der Waals surface area contributed by atoms with Crippen LogP contribution in [0.3, 0.4) is 0 Å². The Morgan fingerprint density at radius 2 is 1.94 bits per heavy atom. The maximum atomic E-state index is 11.9. The van der Waals surface area contributed by atoms with Gasteiger partial charge in [0.2, 0.25) is 5.88 Å². The molecule has 0 fully saturated rings. The summed E-state index contributed by atoms with van der Waals surface area (Å²) in [5.41, 5.74) is 0.922. The zero-order chi connectivity index (χ0) is 12.0. The van der Waals surface area contributed by atoms with Crippen LogP contribution in [0.15, 0.2) is 36.4 Å². The van der Waals surface area contributed by atoms with Gasteiger partial charge in [0.05, 0.1) is 5.69 Å². The topological polar surface area (TPSA) is 44.1 Å². The molecule has 86 valence electrons. The van der Waals surface area contributed by atoms with E-state index in [1.807, 2.05) is 30.3 Å². The van der Waals surface area contributed by atoms with Gasteiger partial charge >= 0.3 is 0 Å². The fraction of sp³-hybridized carbons (Fsp3) is 0.231. The molecule has 0 unspecified atom stereocenters. The van der Waals surface area contributed by atoms with Crippen molar-refractivity contribution in [3.63, 3.8) is 0 Å². The number of rotatable bonds is 1. The molecule has 3 rings (SSSR count). The summed E-state index contributed by atoms with van der Waals surface area (Å²) in [6.07, 6.45) is 0. The van der Waals surface area contributed by atoms with Gasteiger partial charge in [-0.15, -0.1) is 0 Å². The van der Waals surface area contributed by atoms with Crippen LogP contribution >= 0.6 is 0 Å². The number of nitrogens with zero attached hydrogens (tertiary/aromatic N) is 2. The fourth-order valence-electron chi connectivity index (χ4n) is 1.89. The second kappa shape index (κ2) is 3.20. The molecule has 0 saturated carbocycles. The third kappa shape index (κ3) is 1.45. The van der Waals surface area contributed by atoms with Gasteiger partial charge in [0.1, 0.15) is 0 Å². The third-order valence-electron chi connectivity index (χ3n) is 2.81. The number of carbonyl (C=O) groups excluding carboxylic acids is 1. The summed E-state index contributed by atoms with van der Waals surface area (Å²) in [6.45, 7) is 3.48. The molecule has 17 heavy (non-hydrogen) atoms. The molecule has 2 heterocycles. The maximum absolute atomic E-state index is 11.9. The Hall–Kier alpha value is -2.10. The highest BCUT2D eigenvalue weighted by molar-refractivity contribution is 5.90. The maximum Gasteiger partial charge on any atom is 0.293 e. The van der Waals surface area contributed by atoms with Crippen molar-refractivity contribution in [2.75, 3.05) is 0 Å². The van der Waals surface area contributed by atoms with Crippen LogP contribution in [-0.4, -0.2) is 21.3 Å². The van der Waals surface area contributed by atoms with Crippen LogP contribution in [0.5, 0.6) is 5.88 Å². The van der Waals surface area contributed by atoms with Crippen molar-refractivity contribution in [3.8, 4) is 17.1 Å². The lowest BCUT2D eigenvalue weighted by molar-refractivity contribution is 0.0639. The normalized spacial score (nSPS) is 16.7. The highest BCUT2D eigenvalue weighted by Crippen LogP contribution is 2.32. The lowest BCUT2D eigenvalue weighted by Crippen LogP contribution is -2.34. The molecular formula is C13H12N2O2. The van der Waals surface area contributed by atoms with Crippen molar-refractivity contribution in [2.24, 2.45) is 0 Å². The van der Waals surface area contributed by atoms with Crippen molar-refractivity contribution in [1.29, 1.82) is 0 Å². The van der Waals surface area contributed by atoms with E-state index in [9.17, 15) is 4.79 Å². The van der Waals surface area contributed by atoms with E-state index in [4.69, 9.17) is 4.74 Å². The molecule has 0 bridgehead atoms. The highest BCUT2D eigenvalue weighted by atomic mass is 16.5. The highest BCUT2D eigenvalue weighted by Gasteiger charge is 2.41. The molecule has 0 amide bonds. The number of hydrogen-bond acceptors (Lipinski definition) is 3. The van der Waals surface area contributed by atoms with Gasteiger partial charge in [-0.05, 0) is 13.8 Å². The average Bonchev–Trinajstić information content (AvgIpc) is 2.80. The summed E-state index contributed by atoms with van der Waals surface area (Å²) < 4.78 is 6.90.